The number of rotatable bonds is 9. The highest BCUT2D eigenvalue weighted by molar-refractivity contribution is 5.43. The van der Waals surface area contributed by atoms with Crippen molar-refractivity contribution >= 4 is 6.08 Å². The summed E-state index contributed by atoms with van der Waals surface area (Å²) in [5, 5.41) is 4.50. The third kappa shape index (κ3) is 4.22. The molecule has 0 amide bonds. The Morgan fingerprint density at radius 1 is 1.26 bits per heavy atom. The molecular formula is C17H30N2. The second kappa shape index (κ2) is 7.52. The van der Waals surface area contributed by atoms with E-state index in [1.807, 2.05) is 17.8 Å². The molecule has 0 saturated carbocycles. The van der Waals surface area contributed by atoms with Crippen LogP contribution in [0.2, 0.25) is 0 Å². The van der Waals surface area contributed by atoms with Gasteiger partial charge in [-0.2, -0.15) is 5.10 Å². The lowest BCUT2D eigenvalue weighted by atomic mass is 9.79. The average molecular weight is 262 g/mol. The Hall–Kier alpha value is -1.05. The van der Waals surface area contributed by atoms with Crippen LogP contribution in [-0.2, 0) is 12.5 Å². The maximum atomic E-state index is 4.50. The highest BCUT2D eigenvalue weighted by atomic mass is 15.3. The fourth-order valence-electron chi connectivity index (χ4n) is 2.76. The summed E-state index contributed by atoms with van der Waals surface area (Å²) in [5.74, 6) is 0. The van der Waals surface area contributed by atoms with Crippen molar-refractivity contribution in [2.75, 3.05) is 0 Å². The number of hydrogen-bond acceptors (Lipinski definition) is 1. The van der Waals surface area contributed by atoms with Gasteiger partial charge in [0.1, 0.15) is 0 Å². The van der Waals surface area contributed by atoms with Crippen LogP contribution in [0.1, 0.15) is 77.1 Å². The third-order valence-electron chi connectivity index (χ3n) is 4.34. The molecule has 0 spiro atoms. The van der Waals surface area contributed by atoms with Gasteiger partial charge in [-0.3, -0.25) is 4.68 Å². The van der Waals surface area contributed by atoms with E-state index in [0.29, 0.717) is 0 Å². The maximum Gasteiger partial charge on any atom is 0.0848 e. The zero-order valence-electron chi connectivity index (χ0n) is 13.2. The van der Waals surface area contributed by atoms with Crippen LogP contribution >= 0.6 is 0 Å². The van der Waals surface area contributed by atoms with Crippen molar-refractivity contribution < 1.29 is 0 Å². The zero-order valence-corrected chi connectivity index (χ0v) is 13.2. The van der Waals surface area contributed by atoms with Gasteiger partial charge in [-0.05, 0) is 25.0 Å². The Kier molecular flexibility index (Phi) is 6.33. The summed E-state index contributed by atoms with van der Waals surface area (Å²) in [4.78, 5) is 0. The first kappa shape index (κ1) is 16.0. The second-order valence-corrected chi connectivity index (χ2v) is 5.86. The van der Waals surface area contributed by atoms with E-state index >= 15 is 0 Å². The number of nitrogens with zero attached hydrogens (tertiary/aromatic N) is 2. The molecule has 0 radical (unpaired) electrons. The smallest absolute Gasteiger partial charge is 0.0848 e. The largest absolute Gasteiger partial charge is 0.272 e. The summed E-state index contributed by atoms with van der Waals surface area (Å²) in [5.41, 5.74) is 2.58. The highest BCUT2D eigenvalue weighted by Gasteiger charge is 2.27. The molecule has 1 heterocycles. The molecule has 1 aromatic rings. The number of unbranched alkanes of at least 4 members (excludes halogenated alkanes) is 4. The van der Waals surface area contributed by atoms with E-state index in [4.69, 9.17) is 0 Å². The summed E-state index contributed by atoms with van der Waals surface area (Å²) in [6.07, 6.45) is 11.0. The molecule has 2 nitrogen and oxygen atoms in total. The van der Waals surface area contributed by atoms with E-state index in [1.165, 1.54) is 44.2 Å². The van der Waals surface area contributed by atoms with Crippen molar-refractivity contribution in [3.05, 3.63) is 24.0 Å². The van der Waals surface area contributed by atoms with Gasteiger partial charge in [0.05, 0.1) is 5.69 Å². The molecular weight excluding hydrogens is 232 g/mol. The minimum atomic E-state index is 0.245. The standard InChI is InChI=1S/C17H30N2/c1-6-9-10-11-12-13-17(4,8-3)16-14-15(7-2)18-19(16)5/h7,14H,2,6,8-13H2,1,3-5H3. The molecule has 1 rings (SSSR count). The van der Waals surface area contributed by atoms with Crippen molar-refractivity contribution in [2.24, 2.45) is 7.05 Å². The Morgan fingerprint density at radius 3 is 2.47 bits per heavy atom. The van der Waals surface area contributed by atoms with Gasteiger partial charge in [-0.1, -0.05) is 59.5 Å². The SMILES string of the molecule is C=Cc1cc(C(C)(CC)CCCCCCC)n(C)n1. The van der Waals surface area contributed by atoms with Gasteiger partial charge in [0.2, 0.25) is 0 Å². The van der Waals surface area contributed by atoms with Crippen LogP contribution in [0.15, 0.2) is 12.6 Å². The first-order valence-electron chi connectivity index (χ1n) is 7.74. The average Bonchev–Trinajstić information content (AvgIpc) is 2.80. The van der Waals surface area contributed by atoms with Gasteiger partial charge in [-0.25, -0.2) is 0 Å². The first-order valence-corrected chi connectivity index (χ1v) is 7.74. The Balaban J connectivity index is 2.67. The van der Waals surface area contributed by atoms with Crippen LogP contribution in [0.25, 0.3) is 6.08 Å². The lowest BCUT2D eigenvalue weighted by molar-refractivity contribution is 0.369. The topological polar surface area (TPSA) is 17.8 Å². The number of aromatic nitrogens is 2. The Morgan fingerprint density at radius 2 is 1.95 bits per heavy atom. The molecule has 108 valence electrons. The molecule has 0 bridgehead atoms. The lowest BCUT2D eigenvalue weighted by Gasteiger charge is -2.28. The van der Waals surface area contributed by atoms with Crippen molar-refractivity contribution in [1.29, 1.82) is 0 Å². The second-order valence-electron chi connectivity index (χ2n) is 5.86. The molecule has 0 fully saturated rings. The molecule has 2 heteroatoms. The van der Waals surface area contributed by atoms with Crippen LogP contribution in [-0.4, -0.2) is 9.78 Å². The lowest BCUT2D eigenvalue weighted by Crippen LogP contribution is -2.24. The summed E-state index contributed by atoms with van der Waals surface area (Å²) in [6.45, 7) is 10.7. The van der Waals surface area contributed by atoms with Crippen molar-refractivity contribution in [2.45, 2.75) is 71.1 Å². The van der Waals surface area contributed by atoms with Gasteiger partial charge < -0.3 is 0 Å². The predicted octanol–water partition coefficient (Wildman–Crippen LogP) is 5.09. The van der Waals surface area contributed by atoms with Crippen molar-refractivity contribution in [1.82, 2.24) is 9.78 Å². The monoisotopic (exact) mass is 262 g/mol. The zero-order chi connectivity index (χ0) is 14.3. The van der Waals surface area contributed by atoms with Crippen LogP contribution in [0.5, 0.6) is 0 Å². The van der Waals surface area contributed by atoms with E-state index in [0.717, 1.165) is 12.1 Å². The normalized spacial score (nSPS) is 14.3. The summed E-state index contributed by atoms with van der Waals surface area (Å²) < 4.78 is 2.03. The molecule has 0 aliphatic rings. The maximum absolute atomic E-state index is 4.50. The van der Waals surface area contributed by atoms with E-state index in [1.54, 1.807) is 0 Å². The van der Waals surface area contributed by atoms with Crippen LogP contribution < -0.4 is 0 Å². The van der Waals surface area contributed by atoms with Crippen LogP contribution in [0, 0.1) is 0 Å². The summed E-state index contributed by atoms with van der Waals surface area (Å²) >= 11 is 0. The van der Waals surface area contributed by atoms with E-state index in [2.05, 4.69) is 38.5 Å². The van der Waals surface area contributed by atoms with Crippen molar-refractivity contribution in [3.63, 3.8) is 0 Å². The minimum Gasteiger partial charge on any atom is -0.272 e. The van der Waals surface area contributed by atoms with Gasteiger partial charge >= 0.3 is 0 Å². The first-order chi connectivity index (χ1) is 9.07. The quantitative estimate of drug-likeness (QED) is 0.567. The molecule has 1 atom stereocenters. The number of hydrogen-bond donors (Lipinski definition) is 0. The molecule has 1 aromatic heterocycles. The predicted molar refractivity (Wildman–Crippen MR) is 84.3 cm³/mol. The van der Waals surface area contributed by atoms with Gasteiger partial charge in [-0.15, -0.1) is 0 Å². The molecule has 0 saturated heterocycles. The summed E-state index contributed by atoms with van der Waals surface area (Å²) in [6, 6.07) is 2.20. The molecule has 1 unspecified atom stereocenters. The molecule has 0 aromatic carbocycles. The fraction of sp³-hybridized carbons (Fsp3) is 0.706. The Bertz CT molecular complexity index is 392. The fourth-order valence-corrected chi connectivity index (χ4v) is 2.76. The van der Waals surface area contributed by atoms with E-state index < -0.39 is 0 Å². The van der Waals surface area contributed by atoms with E-state index in [-0.39, 0.29) is 5.41 Å². The molecule has 0 aliphatic carbocycles. The molecule has 19 heavy (non-hydrogen) atoms. The van der Waals surface area contributed by atoms with Gasteiger partial charge in [0, 0.05) is 18.2 Å². The number of aryl methyl sites for hydroxylation is 1. The highest BCUT2D eigenvalue weighted by Crippen LogP contribution is 2.33. The minimum absolute atomic E-state index is 0.245. The van der Waals surface area contributed by atoms with Gasteiger partial charge in [0.25, 0.3) is 0 Å². The van der Waals surface area contributed by atoms with E-state index in [9.17, 15) is 0 Å². The molecule has 0 N–H and O–H groups in total. The van der Waals surface area contributed by atoms with Crippen molar-refractivity contribution in [3.8, 4) is 0 Å². The van der Waals surface area contributed by atoms with Crippen LogP contribution in [0.3, 0.4) is 0 Å². The third-order valence-corrected chi connectivity index (χ3v) is 4.34. The van der Waals surface area contributed by atoms with Gasteiger partial charge in [0.15, 0.2) is 0 Å². The summed E-state index contributed by atoms with van der Waals surface area (Å²) in [7, 11) is 2.05. The molecule has 0 aliphatic heterocycles. The van der Waals surface area contributed by atoms with Crippen LogP contribution in [0.4, 0.5) is 0 Å². The Labute approximate surface area is 118 Å².